The van der Waals surface area contributed by atoms with Crippen molar-refractivity contribution in [2.24, 2.45) is 7.05 Å². The van der Waals surface area contributed by atoms with Crippen LogP contribution in [0.4, 0.5) is 33.2 Å². The maximum Gasteiger partial charge on any atom is 0.329 e. The summed E-state index contributed by atoms with van der Waals surface area (Å²) in [7, 11) is 0.551. The first kappa shape index (κ1) is 46.4. The lowest BCUT2D eigenvalue weighted by atomic mass is 9.99. The lowest BCUT2D eigenvalue weighted by Crippen LogP contribution is -2.53. The van der Waals surface area contributed by atoms with E-state index in [1.807, 2.05) is 24.3 Å². The van der Waals surface area contributed by atoms with E-state index in [0.29, 0.717) is 68.6 Å². The second-order valence-electron chi connectivity index (χ2n) is 18.0. The number of piperazine rings is 1. The lowest BCUT2D eigenvalue weighted by molar-refractivity contribution is -0.135. The number of anilines is 5. The van der Waals surface area contributed by atoms with Gasteiger partial charge in [0.05, 0.1) is 45.7 Å². The lowest BCUT2D eigenvalue weighted by Gasteiger charge is -2.43. The smallest absolute Gasteiger partial charge is 0.329 e. The third-order valence-electron chi connectivity index (χ3n) is 13.5. The number of piperidine rings is 2. The van der Waals surface area contributed by atoms with Gasteiger partial charge in [-0.3, -0.25) is 33.9 Å². The molecule has 352 valence electrons. The highest BCUT2D eigenvalue weighted by atomic mass is 79.9. The van der Waals surface area contributed by atoms with Crippen molar-refractivity contribution in [2.75, 3.05) is 81.8 Å². The van der Waals surface area contributed by atoms with Crippen molar-refractivity contribution in [1.82, 2.24) is 39.2 Å². The fourth-order valence-electron chi connectivity index (χ4n) is 10.1. The summed E-state index contributed by atoms with van der Waals surface area (Å²) in [6.45, 7) is 11.7. The topological polar surface area (TPSA) is 172 Å². The molecule has 19 heteroatoms. The van der Waals surface area contributed by atoms with Crippen LogP contribution in [0.5, 0.6) is 5.75 Å². The summed E-state index contributed by atoms with van der Waals surface area (Å²) < 4.78 is 38.5. The molecule has 6 heterocycles. The molecular formula is C48H56BrFN11O5P. The second kappa shape index (κ2) is 19.1. The molecule has 0 spiro atoms. The quantitative estimate of drug-likeness (QED) is 0.0827. The third-order valence-corrected chi connectivity index (χ3v) is 15.7. The van der Waals surface area contributed by atoms with Gasteiger partial charge in [0.2, 0.25) is 17.8 Å². The summed E-state index contributed by atoms with van der Waals surface area (Å²) in [6, 6.07) is 14.5. The Kier molecular flexibility index (Phi) is 13.3. The molecule has 1 atom stereocenters. The zero-order valence-corrected chi connectivity index (χ0v) is 40.9. The number of benzene rings is 3. The number of imidazole rings is 1. The molecule has 3 aliphatic heterocycles. The number of carbonyl (C=O) groups excluding carboxylic acids is 2. The molecule has 3 N–H and O–H groups in total. The SMILES string of the molecule is CCc1cc(Nc2ncc(Br)c(Nc3cnc4ccccc4c3P(C)(C)=O)n2)c(OC)cc1N1CCC(N2CCN(CCc3c(F)ccc4c3n(C)c(=O)n4C3CCC(=O)NC3=O)CC2)CC1. The number of nitrogens with zero attached hydrogens (tertiary/aromatic N) is 8. The van der Waals surface area contributed by atoms with Crippen LogP contribution in [-0.2, 0) is 34.0 Å². The first-order chi connectivity index (χ1) is 32.2. The number of fused-ring (bicyclic) bond motifs is 2. The van der Waals surface area contributed by atoms with Gasteiger partial charge in [-0.1, -0.05) is 25.1 Å². The molecule has 0 saturated carbocycles. The van der Waals surface area contributed by atoms with E-state index in [2.05, 4.69) is 75.6 Å². The average Bonchev–Trinajstić information content (AvgIpc) is 3.57. The largest absolute Gasteiger partial charge is 0.494 e. The number of imide groups is 1. The van der Waals surface area contributed by atoms with Crippen molar-refractivity contribution in [3.8, 4) is 5.75 Å². The fourth-order valence-corrected chi connectivity index (χ4v) is 11.9. The van der Waals surface area contributed by atoms with Crippen molar-refractivity contribution >= 4 is 91.0 Å². The monoisotopic (exact) mass is 995 g/mol. The van der Waals surface area contributed by atoms with Crippen molar-refractivity contribution in [2.45, 2.75) is 57.5 Å². The number of ether oxygens (including phenoxy) is 1. The average molecular weight is 997 g/mol. The van der Waals surface area contributed by atoms with Gasteiger partial charge in [-0.25, -0.2) is 14.2 Å². The Balaban J connectivity index is 0.823. The maximum atomic E-state index is 15.5. The minimum atomic E-state index is -2.73. The summed E-state index contributed by atoms with van der Waals surface area (Å²) in [5.41, 5.74) is 5.54. The van der Waals surface area contributed by atoms with Gasteiger partial charge in [0.15, 0.2) is 0 Å². The zero-order valence-electron chi connectivity index (χ0n) is 38.4. The highest BCUT2D eigenvalue weighted by molar-refractivity contribution is 9.10. The number of hydrogen-bond donors (Lipinski definition) is 3. The third kappa shape index (κ3) is 9.33. The number of aromatic nitrogens is 5. The summed E-state index contributed by atoms with van der Waals surface area (Å²) in [4.78, 5) is 59.3. The first-order valence-corrected chi connectivity index (χ1v) is 26.3. The Labute approximate surface area is 396 Å². The molecule has 6 aromatic rings. The van der Waals surface area contributed by atoms with Gasteiger partial charge in [-0.05, 0) is 91.2 Å². The molecule has 67 heavy (non-hydrogen) atoms. The van der Waals surface area contributed by atoms with Gasteiger partial charge in [0.25, 0.3) is 0 Å². The number of methoxy groups -OCH3 is 1. The van der Waals surface area contributed by atoms with E-state index in [1.54, 1.807) is 45.9 Å². The Hall–Kier alpha value is -5.68. The Morgan fingerprint density at radius 2 is 1.70 bits per heavy atom. The molecule has 9 rings (SSSR count). The number of carbonyl (C=O) groups is 2. The molecule has 3 aliphatic rings. The normalized spacial score (nSPS) is 17.9. The highest BCUT2D eigenvalue weighted by Gasteiger charge is 2.33. The van der Waals surface area contributed by atoms with Crippen LogP contribution in [-0.4, -0.2) is 118 Å². The van der Waals surface area contributed by atoms with Crippen molar-refractivity contribution < 1.29 is 23.3 Å². The molecule has 3 saturated heterocycles. The number of pyridine rings is 1. The van der Waals surface area contributed by atoms with Crippen LogP contribution in [0.3, 0.4) is 0 Å². The molecule has 3 aromatic heterocycles. The van der Waals surface area contributed by atoms with Gasteiger partial charge in [-0.2, -0.15) is 4.98 Å². The van der Waals surface area contributed by atoms with E-state index in [9.17, 15) is 18.9 Å². The van der Waals surface area contributed by atoms with Crippen LogP contribution in [0.1, 0.15) is 49.8 Å². The van der Waals surface area contributed by atoms with E-state index in [0.717, 1.165) is 80.8 Å². The minimum absolute atomic E-state index is 0.144. The van der Waals surface area contributed by atoms with Crippen molar-refractivity contribution in [3.63, 3.8) is 0 Å². The van der Waals surface area contributed by atoms with Crippen molar-refractivity contribution in [3.05, 3.63) is 92.8 Å². The number of rotatable bonds is 13. The van der Waals surface area contributed by atoms with Gasteiger partial charge < -0.3 is 29.7 Å². The molecule has 16 nitrogen and oxygen atoms in total. The second-order valence-corrected chi connectivity index (χ2v) is 22.0. The zero-order chi connectivity index (χ0) is 47.1. The molecule has 2 amide bonds. The van der Waals surface area contributed by atoms with Crippen molar-refractivity contribution in [1.29, 1.82) is 0 Å². The molecule has 3 fully saturated rings. The maximum absolute atomic E-state index is 15.5. The van der Waals surface area contributed by atoms with Crippen LogP contribution >= 0.6 is 23.1 Å². The highest BCUT2D eigenvalue weighted by Crippen LogP contribution is 2.42. The number of para-hydroxylation sites is 1. The van der Waals surface area contributed by atoms with E-state index < -0.39 is 24.8 Å². The first-order valence-electron chi connectivity index (χ1n) is 22.9. The fraction of sp³-hybridized carbons (Fsp3) is 0.417. The standard InChI is InChI=1S/C48H56BrFN11O5P/c1-6-29-25-36(54-47-52-27-33(49)45(56-47)53-37-28-51-35-10-8-7-9-32(35)44(37)67(4,5)65)41(66-3)26-40(29)60-19-15-30(16-20-60)59-23-21-58(22-24-59)18-17-31-34(50)11-12-38-43(31)57(2)48(64)61(38)39-13-14-42(62)55-46(39)63/h7-12,25-28,30,39H,6,13-24H2,1-5H3,(H,55,62,63)(H2,52,53,54,56). The van der Waals surface area contributed by atoms with Gasteiger partial charge >= 0.3 is 5.69 Å². The van der Waals surface area contributed by atoms with E-state index >= 15 is 4.39 Å². The molecule has 3 aromatic carbocycles. The number of nitrogens with one attached hydrogen (secondary N) is 3. The van der Waals surface area contributed by atoms with E-state index in [-0.39, 0.29) is 24.6 Å². The van der Waals surface area contributed by atoms with Crippen LogP contribution in [0.2, 0.25) is 0 Å². The van der Waals surface area contributed by atoms with Crippen LogP contribution in [0.25, 0.3) is 21.9 Å². The number of amides is 2. The summed E-state index contributed by atoms with van der Waals surface area (Å²) in [6.07, 6.45) is 7.04. The minimum Gasteiger partial charge on any atom is -0.494 e. The molecular weight excluding hydrogens is 940 g/mol. The summed E-state index contributed by atoms with van der Waals surface area (Å²) in [5, 5.41) is 10.7. The van der Waals surface area contributed by atoms with Crippen LogP contribution in [0.15, 0.2) is 70.2 Å². The van der Waals surface area contributed by atoms with Gasteiger partial charge in [-0.15, -0.1) is 0 Å². The molecule has 1 unspecified atom stereocenters. The molecule has 0 aliphatic carbocycles. The van der Waals surface area contributed by atoms with Crippen LogP contribution in [0, 0.1) is 5.82 Å². The Morgan fingerprint density at radius 3 is 2.42 bits per heavy atom. The number of halogens is 2. The number of aryl methyl sites for hydroxylation is 2. The Bertz CT molecular complexity index is 3000. The summed E-state index contributed by atoms with van der Waals surface area (Å²) >= 11 is 3.60. The van der Waals surface area contributed by atoms with E-state index in [1.165, 1.54) is 20.8 Å². The Morgan fingerprint density at radius 1 is 0.940 bits per heavy atom. The predicted octanol–water partition coefficient (Wildman–Crippen LogP) is 6.69. The number of hydrogen-bond acceptors (Lipinski definition) is 13. The van der Waals surface area contributed by atoms with E-state index in [4.69, 9.17) is 9.72 Å². The predicted molar refractivity (Wildman–Crippen MR) is 265 cm³/mol. The van der Waals surface area contributed by atoms with Gasteiger partial charge in [0.1, 0.15) is 30.6 Å². The molecule has 0 radical (unpaired) electrons. The summed E-state index contributed by atoms with van der Waals surface area (Å²) in [5.74, 6) is 0.305. The van der Waals surface area contributed by atoms with Crippen LogP contribution < -0.4 is 36.6 Å². The van der Waals surface area contributed by atoms with Gasteiger partial charge in [0, 0.05) is 99.5 Å². The molecule has 0 bridgehead atoms.